The van der Waals surface area contributed by atoms with Crippen molar-refractivity contribution in [3.63, 3.8) is 0 Å². The molecule has 0 bridgehead atoms. The smallest absolute Gasteiger partial charge is 0.261 e. The fraction of sp³-hybridized carbons (Fsp3) is 0.292. The van der Waals surface area contributed by atoms with Crippen LogP contribution in [-0.2, 0) is 0 Å². The van der Waals surface area contributed by atoms with Crippen LogP contribution in [0.3, 0.4) is 0 Å². The number of aryl methyl sites for hydroxylation is 2. The number of hydrogen-bond acceptors (Lipinski definition) is 7. The molecule has 1 N–H and O–H groups in total. The van der Waals surface area contributed by atoms with Crippen LogP contribution in [0.4, 0.5) is 5.82 Å². The Bertz CT molecular complexity index is 1320. The number of anilines is 1. The summed E-state index contributed by atoms with van der Waals surface area (Å²) in [5.74, 6) is 0.537. The van der Waals surface area contributed by atoms with Crippen LogP contribution in [0, 0.1) is 13.8 Å². The van der Waals surface area contributed by atoms with Gasteiger partial charge in [-0.15, -0.1) is 10.2 Å². The Morgan fingerprint density at radius 3 is 2.76 bits per heavy atom. The van der Waals surface area contributed by atoms with Crippen molar-refractivity contribution in [1.29, 1.82) is 0 Å². The van der Waals surface area contributed by atoms with E-state index >= 15 is 0 Å². The van der Waals surface area contributed by atoms with Crippen molar-refractivity contribution >= 4 is 45.4 Å². The van der Waals surface area contributed by atoms with Crippen molar-refractivity contribution < 1.29 is 4.79 Å². The number of benzene rings is 1. The normalized spacial score (nSPS) is 16.2. The van der Waals surface area contributed by atoms with Gasteiger partial charge < -0.3 is 5.32 Å². The largest absolute Gasteiger partial charge is 0.315 e. The molecule has 1 aliphatic heterocycles. The number of piperidine rings is 1. The Hall–Kier alpha value is -2.94. The summed E-state index contributed by atoms with van der Waals surface area (Å²) in [5, 5.41) is 15.8. The topological polar surface area (TPSA) is 83.9 Å². The molecule has 168 valence electrons. The molecule has 9 heteroatoms. The third kappa shape index (κ3) is 4.34. The summed E-state index contributed by atoms with van der Waals surface area (Å²) < 4.78 is 0. The summed E-state index contributed by atoms with van der Waals surface area (Å²) in [7, 11) is 0. The van der Waals surface area contributed by atoms with Crippen molar-refractivity contribution in [2.45, 2.75) is 32.7 Å². The third-order valence-corrected chi connectivity index (χ3v) is 6.92. The van der Waals surface area contributed by atoms with E-state index in [-0.39, 0.29) is 11.9 Å². The van der Waals surface area contributed by atoms with Crippen molar-refractivity contribution in [3.05, 3.63) is 63.9 Å². The molecule has 0 radical (unpaired) electrons. The van der Waals surface area contributed by atoms with E-state index < -0.39 is 0 Å². The summed E-state index contributed by atoms with van der Waals surface area (Å²) in [5.41, 5.74) is 2.20. The zero-order valence-corrected chi connectivity index (χ0v) is 20.0. The average molecular weight is 479 g/mol. The highest BCUT2D eigenvalue weighted by atomic mass is 35.5. The molecule has 1 aliphatic rings. The predicted molar refractivity (Wildman–Crippen MR) is 132 cm³/mol. The van der Waals surface area contributed by atoms with Gasteiger partial charge in [-0.05, 0) is 74.5 Å². The zero-order valence-electron chi connectivity index (χ0n) is 18.4. The molecule has 1 atom stereocenters. The number of carbonyl (C=O) groups excluding carboxylic acids is 1. The first-order valence-corrected chi connectivity index (χ1v) is 12.1. The lowest BCUT2D eigenvalue weighted by molar-refractivity contribution is 0.0971. The van der Waals surface area contributed by atoms with Crippen molar-refractivity contribution in [3.8, 4) is 10.7 Å². The monoisotopic (exact) mass is 478 g/mol. The molecule has 7 nitrogen and oxygen atoms in total. The van der Waals surface area contributed by atoms with Gasteiger partial charge in [0.1, 0.15) is 16.5 Å². The molecule has 1 amide bonds. The second-order valence-corrected chi connectivity index (χ2v) is 9.81. The first-order chi connectivity index (χ1) is 16.0. The van der Waals surface area contributed by atoms with Crippen LogP contribution in [0.1, 0.15) is 33.8 Å². The quantitative estimate of drug-likeness (QED) is 0.453. The van der Waals surface area contributed by atoms with Crippen LogP contribution in [0.25, 0.3) is 21.5 Å². The highest BCUT2D eigenvalue weighted by Gasteiger charge is 2.30. The average Bonchev–Trinajstić information content (AvgIpc) is 3.26. The maximum Gasteiger partial charge on any atom is 0.261 e. The second-order valence-electron chi connectivity index (χ2n) is 8.19. The van der Waals surface area contributed by atoms with Crippen molar-refractivity contribution in [1.82, 2.24) is 25.5 Å². The standard InChI is InChI=1S/C24H23ClN6OS/c1-14-10-18(25)11-16-7-9-27-22(21(14)16)31(19-4-3-8-26-13-19)24(32)17-5-6-20(28-12-17)23-30-29-15(2)33-23/h5-7,9-12,19,26H,3-4,8,13H2,1-2H3. The minimum absolute atomic E-state index is 0.00934. The van der Waals surface area contributed by atoms with Crippen molar-refractivity contribution in [2.75, 3.05) is 18.0 Å². The number of pyridine rings is 2. The van der Waals surface area contributed by atoms with Crippen LogP contribution >= 0.6 is 22.9 Å². The van der Waals surface area contributed by atoms with Crippen LogP contribution in [0.15, 0.2) is 42.7 Å². The number of rotatable bonds is 4. The highest BCUT2D eigenvalue weighted by Crippen LogP contribution is 2.33. The summed E-state index contributed by atoms with van der Waals surface area (Å²) >= 11 is 7.78. The molecule has 0 spiro atoms. The third-order valence-electron chi connectivity index (χ3n) is 5.84. The van der Waals surface area contributed by atoms with Crippen LogP contribution in [0.2, 0.25) is 5.02 Å². The molecule has 1 aromatic carbocycles. The van der Waals surface area contributed by atoms with Gasteiger partial charge >= 0.3 is 0 Å². The van der Waals surface area contributed by atoms with Gasteiger partial charge in [-0.25, -0.2) is 4.98 Å². The number of nitrogens with zero attached hydrogens (tertiary/aromatic N) is 5. The molecule has 4 aromatic rings. The number of nitrogens with one attached hydrogen (secondary N) is 1. The molecule has 4 heterocycles. The molecule has 33 heavy (non-hydrogen) atoms. The number of hydrogen-bond donors (Lipinski definition) is 1. The minimum Gasteiger partial charge on any atom is -0.315 e. The first kappa shape index (κ1) is 21.9. The lowest BCUT2D eigenvalue weighted by Crippen LogP contribution is -2.49. The number of halogens is 1. The van der Waals surface area contributed by atoms with Gasteiger partial charge in [-0.3, -0.25) is 14.7 Å². The molecule has 1 saturated heterocycles. The zero-order chi connectivity index (χ0) is 22.9. The maximum absolute atomic E-state index is 13.9. The molecule has 1 unspecified atom stereocenters. The van der Waals surface area contributed by atoms with E-state index in [4.69, 9.17) is 11.6 Å². The van der Waals surface area contributed by atoms with Gasteiger partial charge in [0.25, 0.3) is 5.91 Å². The SMILES string of the molecule is Cc1nnc(-c2ccc(C(=O)N(c3nccc4cc(Cl)cc(C)c34)C3CCCNC3)cn2)s1. The molecule has 0 aliphatic carbocycles. The van der Waals surface area contributed by atoms with Gasteiger partial charge in [0, 0.05) is 29.3 Å². The number of aromatic nitrogens is 4. The summed E-state index contributed by atoms with van der Waals surface area (Å²) in [6, 6.07) is 9.38. The summed E-state index contributed by atoms with van der Waals surface area (Å²) in [6.45, 7) is 5.57. The van der Waals surface area contributed by atoms with E-state index in [2.05, 4.69) is 25.5 Å². The van der Waals surface area contributed by atoms with Gasteiger partial charge in [-0.2, -0.15) is 0 Å². The van der Waals surface area contributed by atoms with Crippen LogP contribution in [-0.4, -0.2) is 45.2 Å². The maximum atomic E-state index is 13.9. The van der Waals surface area contributed by atoms with E-state index in [9.17, 15) is 4.79 Å². The molecule has 3 aromatic heterocycles. The second kappa shape index (κ2) is 9.13. The fourth-order valence-corrected chi connectivity index (χ4v) is 5.27. The van der Waals surface area contributed by atoms with E-state index in [1.54, 1.807) is 18.5 Å². The van der Waals surface area contributed by atoms with E-state index in [1.807, 2.05) is 43.0 Å². The van der Waals surface area contributed by atoms with Crippen LogP contribution < -0.4 is 10.2 Å². The Morgan fingerprint density at radius 2 is 2.06 bits per heavy atom. The Kier molecular flexibility index (Phi) is 6.05. The van der Waals surface area contributed by atoms with Gasteiger partial charge in [-0.1, -0.05) is 22.9 Å². The first-order valence-electron chi connectivity index (χ1n) is 10.9. The van der Waals surface area contributed by atoms with E-state index in [0.717, 1.165) is 45.7 Å². The molecule has 0 saturated carbocycles. The lowest BCUT2D eigenvalue weighted by atomic mass is 10.0. The molecule has 5 rings (SSSR count). The van der Waals surface area contributed by atoms with E-state index in [1.165, 1.54) is 11.3 Å². The molecular weight excluding hydrogens is 456 g/mol. The number of amides is 1. The minimum atomic E-state index is -0.120. The fourth-order valence-electron chi connectivity index (χ4n) is 4.32. The Labute approximate surface area is 200 Å². The van der Waals surface area contributed by atoms with E-state index in [0.29, 0.717) is 28.6 Å². The Morgan fingerprint density at radius 1 is 1.18 bits per heavy atom. The van der Waals surface area contributed by atoms with Crippen LogP contribution in [0.5, 0.6) is 0 Å². The Balaban J connectivity index is 1.58. The summed E-state index contributed by atoms with van der Waals surface area (Å²) in [6.07, 6.45) is 5.26. The van der Waals surface area contributed by atoms with Crippen molar-refractivity contribution in [2.24, 2.45) is 0 Å². The lowest BCUT2D eigenvalue weighted by Gasteiger charge is -2.34. The molecule has 1 fully saturated rings. The highest BCUT2D eigenvalue weighted by molar-refractivity contribution is 7.14. The predicted octanol–water partition coefficient (Wildman–Crippen LogP) is 4.82. The molecular formula is C24H23ClN6OS. The van der Waals surface area contributed by atoms with Gasteiger partial charge in [0.15, 0.2) is 5.01 Å². The summed E-state index contributed by atoms with van der Waals surface area (Å²) in [4.78, 5) is 24.9. The number of fused-ring (bicyclic) bond motifs is 1. The number of carbonyl (C=O) groups is 1. The van der Waals surface area contributed by atoms with Gasteiger partial charge in [0.2, 0.25) is 0 Å². The van der Waals surface area contributed by atoms with Gasteiger partial charge in [0.05, 0.1) is 11.6 Å².